The first-order chi connectivity index (χ1) is 8.83. The molecule has 2 rings (SSSR count). The molecular weight excluding hydrogens is 224 g/mol. The summed E-state index contributed by atoms with van der Waals surface area (Å²) < 4.78 is 5.74. The second-order valence-electron chi connectivity index (χ2n) is 4.72. The maximum atomic E-state index is 5.74. The molecule has 0 amide bonds. The van der Waals surface area contributed by atoms with Crippen LogP contribution in [0.5, 0.6) is 0 Å². The summed E-state index contributed by atoms with van der Waals surface area (Å²) >= 11 is 0. The Labute approximate surface area is 108 Å². The Morgan fingerprint density at radius 2 is 2.00 bits per heavy atom. The van der Waals surface area contributed by atoms with Crippen LogP contribution in [0.1, 0.15) is 44.1 Å². The normalized spacial score (nSPS) is 11.2. The number of fused-ring (bicyclic) bond motifs is 1. The molecule has 0 aliphatic heterocycles. The fourth-order valence-corrected chi connectivity index (χ4v) is 2.12. The average molecular weight is 246 g/mol. The number of rotatable bonds is 7. The van der Waals surface area contributed by atoms with E-state index in [4.69, 9.17) is 10.2 Å². The van der Waals surface area contributed by atoms with Gasteiger partial charge in [-0.1, -0.05) is 25.8 Å². The van der Waals surface area contributed by atoms with Crippen molar-refractivity contribution >= 4 is 11.1 Å². The van der Waals surface area contributed by atoms with Crippen LogP contribution in [0.2, 0.25) is 0 Å². The maximum Gasteiger partial charge on any atom is 0.195 e. The second-order valence-corrected chi connectivity index (χ2v) is 4.72. The molecule has 0 spiro atoms. The van der Waals surface area contributed by atoms with E-state index < -0.39 is 0 Å². The van der Waals surface area contributed by atoms with Crippen LogP contribution in [0.4, 0.5) is 0 Å². The zero-order chi connectivity index (χ0) is 12.8. The summed E-state index contributed by atoms with van der Waals surface area (Å²) in [5.74, 6) is 0.867. The predicted octanol–water partition coefficient (Wildman–Crippen LogP) is 3.45. The van der Waals surface area contributed by atoms with Crippen molar-refractivity contribution in [2.45, 2.75) is 45.4 Å². The number of aromatic nitrogens is 1. The number of nitrogens with two attached hydrogens (primary N) is 1. The predicted molar refractivity (Wildman–Crippen MR) is 74.6 cm³/mol. The molecule has 1 aromatic carbocycles. The van der Waals surface area contributed by atoms with Gasteiger partial charge in [-0.25, -0.2) is 4.98 Å². The summed E-state index contributed by atoms with van der Waals surface area (Å²) in [5, 5.41) is 0. The molecule has 0 aliphatic rings. The Bertz CT molecular complexity index is 490. The quantitative estimate of drug-likeness (QED) is 0.761. The number of hydrogen-bond donors (Lipinski definition) is 1. The Kier molecular flexibility index (Phi) is 4.76. The van der Waals surface area contributed by atoms with E-state index in [1.807, 2.05) is 6.07 Å². The summed E-state index contributed by atoms with van der Waals surface area (Å²) in [4.78, 5) is 4.55. The molecule has 0 atom stereocenters. The molecule has 0 fully saturated rings. The molecule has 1 heterocycles. The molecule has 0 unspecified atom stereocenters. The number of oxazole rings is 1. The molecule has 0 bridgehead atoms. The number of nitrogens with zero attached hydrogens (tertiary/aromatic N) is 1. The molecule has 18 heavy (non-hydrogen) atoms. The van der Waals surface area contributed by atoms with Crippen LogP contribution in [0.25, 0.3) is 11.1 Å². The lowest BCUT2D eigenvalue weighted by Gasteiger charge is -1.96. The molecule has 0 saturated heterocycles. The highest BCUT2D eigenvalue weighted by Gasteiger charge is 2.05. The van der Waals surface area contributed by atoms with Gasteiger partial charge in [0.2, 0.25) is 0 Å². The van der Waals surface area contributed by atoms with Crippen LogP contribution < -0.4 is 5.73 Å². The Balaban J connectivity index is 1.93. The van der Waals surface area contributed by atoms with Gasteiger partial charge in [-0.3, -0.25) is 0 Å². The van der Waals surface area contributed by atoms with Crippen molar-refractivity contribution in [2.24, 2.45) is 5.73 Å². The van der Waals surface area contributed by atoms with E-state index in [-0.39, 0.29) is 0 Å². The SMILES string of the molecule is CCc1ccc2oc(CCCCCCN)nc2c1. The van der Waals surface area contributed by atoms with Crippen LogP contribution in [0.3, 0.4) is 0 Å². The average Bonchev–Trinajstić information content (AvgIpc) is 2.80. The lowest BCUT2D eigenvalue weighted by molar-refractivity contribution is 0.508. The molecule has 1 aromatic heterocycles. The van der Waals surface area contributed by atoms with Gasteiger partial charge < -0.3 is 10.2 Å². The van der Waals surface area contributed by atoms with Gasteiger partial charge >= 0.3 is 0 Å². The first-order valence-corrected chi connectivity index (χ1v) is 6.92. The third-order valence-corrected chi connectivity index (χ3v) is 3.25. The van der Waals surface area contributed by atoms with E-state index in [9.17, 15) is 0 Å². The molecule has 0 radical (unpaired) electrons. The first-order valence-electron chi connectivity index (χ1n) is 6.92. The van der Waals surface area contributed by atoms with Crippen LogP contribution >= 0.6 is 0 Å². The van der Waals surface area contributed by atoms with Gasteiger partial charge in [0.1, 0.15) is 5.52 Å². The zero-order valence-corrected chi connectivity index (χ0v) is 11.1. The van der Waals surface area contributed by atoms with E-state index >= 15 is 0 Å². The molecule has 3 heteroatoms. The van der Waals surface area contributed by atoms with Crippen molar-refractivity contribution in [1.82, 2.24) is 4.98 Å². The summed E-state index contributed by atoms with van der Waals surface area (Å²) in [7, 11) is 0. The first kappa shape index (κ1) is 13.1. The summed E-state index contributed by atoms with van der Waals surface area (Å²) in [6, 6.07) is 6.26. The standard InChI is InChI=1S/C15H22N2O/c1-2-12-8-9-14-13(11-12)17-15(18-14)7-5-3-4-6-10-16/h8-9,11H,2-7,10,16H2,1H3. The van der Waals surface area contributed by atoms with Crippen molar-refractivity contribution in [3.8, 4) is 0 Å². The summed E-state index contributed by atoms with van der Waals surface area (Å²) in [5.41, 5.74) is 8.68. The van der Waals surface area contributed by atoms with Crippen LogP contribution in [-0.2, 0) is 12.8 Å². The van der Waals surface area contributed by atoms with Crippen molar-refractivity contribution < 1.29 is 4.42 Å². The zero-order valence-electron chi connectivity index (χ0n) is 11.1. The number of benzene rings is 1. The summed E-state index contributed by atoms with van der Waals surface area (Å²) in [6.07, 6.45) is 6.63. The minimum Gasteiger partial charge on any atom is -0.441 e. The van der Waals surface area contributed by atoms with Crippen LogP contribution in [0, 0.1) is 0 Å². The topological polar surface area (TPSA) is 52.0 Å². The minimum absolute atomic E-state index is 0.794. The molecular formula is C15H22N2O. The van der Waals surface area contributed by atoms with Gasteiger partial charge in [0.05, 0.1) is 0 Å². The monoisotopic (exact) mass is 246 g/mol. The van der Waals surface area contributed by atoms with Gasteiger partial charge in [0, 0.05) is 6.42 Å². The largest absolute Gasteiger partial charge is 0.441 e. The third-order valence-electron chi connectivity index (χ3n) is 3.25. The smallest absolute Gasteiger partial charge is 0.195 e. The highest BCUT2D eigenvalue weighted by Crippen LogP contribution is 2.19. The van der Waals surface area contributed by atoms with E-state index in [0.717, 1.165) is 49.2 Å². The van der Waals surface area contributed by atoms with Gasteiger partial charge in [-0.2, -0.15) is 0 Å². The molecule has 3 nitrogen and oxygen atoms in total. The molecule has 2 aromatic rings. The molecule has 98 valence electrons. The third kappa shape index (κ3) is 3.33. The van der Waals surface area contributed by atoms with E-state index in [1.54, 1.807) is 0 Å². The molecule has 2 N–H and O–H groups in total. The van der Waals surface area contributed by atoms with Gasteiger partial charge in [-0.15, -0.1) is 0 Å². The van der Waals surface area contributed by atoms with E-state index in [0.29, 0.717) is 0 Å². The summed E-state index contributed by atoms with van der Waals surface area (Å²) in [6.45, 7) is 2.95. The van der Waals surface area contributed by atoms with Crippen LogP contribution in [-0.4, -0.2) is 11.5 Å². The maximum absolute atomic E-state index is 5.74. The highest BCUT2D eigenvalue weighted by molar-refractivity contribution is 5.73. The Morgan fingerprint density at radius 1 is 1.17 bits per heavy atom. The lowest BCUT2D eigenvalue weighted by atomic mass is 10.1. The second kappa shape index (κ2) is 6.55. The molecule has 0 aliphatic carbocycles. The van der Waals surface area contributed by atoms with Gasteiger partial charge in [0.15, 0.2) is 11.5 Å². The highest BCUT2D eigenvalue weighted by atomic mass is 16.3. The van der Waals surface area contributed by atoms with Crippen molar-refractivity contribution in [2.75, 3.05) is 6.54 Å². The van der Waals surface area contributed by atoms with Gasteiger partial charge in [-0.05, 0) is 43.5 Å². The van der Waals surface area contributed by atoms with Crippen molar-refractivity contribution in [3.05, 3.63) is 29.7 Å². The minimum atomic E-state index is 0.794. The van der Waals surface area contributed by atoms with E-state index in [2.05, 4.69) is 24.0 Å². The lowest BCUT2D eigenvalue weighted by Crippen LogP contribution is -1.97. The van der Waals surface area contributed by atoms with Crippen LogP contribution in [0.15, 0.2) is 22.6 Å². The number of aryl methyl sites for hydroxylation is 2. The van der Waals surface area contributed by atoms with Crippen molar-refractivity contribution in [1.29, 1.82) is 0 Å². The Hall–Kier alpha value is -1.35. The Morgan fingerprint density at radius 3 is 2.78 bits per heavy atom. The number of unbranched alkanes of at least 4 members (excludes halogenated alkanes) is 3. The van der Waals surface area contributed by atoms with Gasteiger partial charge in [0.25, 0.3) is 0 Å². The number of hydrogen-bond acceptors (Lipinski definition) is 3. The fraction of sp³-hybridized carbons (Fsp3) is 0.533. The van der Waals surface area contributed by atoms with E-state index in [1.165, 1.54) is 18.4 Å². The molecule has 0 saturated carbocycles. The van der Waals surface area contributed by atoms with Crippen molar-refractivity contribution in [3.63, 3.8) is 0 Å². The fourth-order valence-electron chi connectivity index (χ4n) is 2.12.